The molecule has 0 aromatic rings. The fourth-order valence-electron chi connectivity index (χ4n) is 3.41. The molecule has 132 valence electrons. The number of hydrogen-bond donors (Lipinski definition) is 2. The molecule has 3 aliphatic rings. The average molecular weight is 325 g/mol. The van der Waals surface area contributed by atoms with Gasteiger partial charge in [-0.25, -0.2) is 0 Å². The molecule has 23 heavy (non-hydrogen) atoms. The molecule has 1 aliphatic carbocycles. The summed E-state index contributed by atoms with van der Waals surface area (Å²) in [4.78, 5) is 6.94. The molecule has 0 bridgehead atoms. The van der Waals surface area contributed by atoms with E-state index in [9.17, 15) is 5.11 Å². The Balaban J connectivity index is 1.46. The van der Waals surface area contributed by atoms with Crippen molar-refractivity contribution in [3.05, 3.63) is 0 Å². The SMILES string of the molecule is CCNC(=NCC(O)COCC1CC1)N1CCC2(CCOC2)C1. The summed E-state index contributed by atoms with van der Waals surface area (Å²) in [7, 11) is 0. The molecule has 0 amide bonds. The van der Waals surface area contributed by atoms with Gasteiger partial charge in [0.2, 0.25) is 0 Å². The largest absolute Gasteiger partial charge is 0.389 e. The minimum Gasteiger partial charge on any atom is -0.389 e. The first kappa shape index (κ1) is 17.0. The molecule has 2 aliphatic heterocycles. The maximum atomic E-state index is 10.0. The summed E-state index contributed by atoms with van der Waals surface area (Å²) in [6, 6.07) is 0. The second-order valence-corrected chi connectivity index (χ2v) is 7.30. The smallest absolute Gasteiger partial charge is 0.194 e. The second-order valence-electron chi connectivity index (χ2n) is 7.30. The third kappa shape index (κ3) is 4.81. The lowest BCUT2D eigenvalue weighted by atomic mass is 9.87. The van der Waals surface area contributed by atoms with Gasteiger partial charge in [0.15, 0.2) is 5.96 Å². The normalized spacial score (nSPS) is 29.5. The van der Waals surface area contributed by atoms with Crippen molar-refractivity contribution >= 4 is 5.96 Å². The van der Waals surface area contributed by atoms with Gasteiger partial charge < -0.3 is 24.8 Å². The average Bonchev–Trinajstić information content (AvgIpc) is 3.10. The van der Waals surface area contributed by atoms with E-state index in [0.717, 1.165) is 57.8 Å². The molecule has 2 N–H and O–H groups in total. The molecule has 6 nitrogen and oxygen atoms in total. The van der Waals surface area contributed by atoms with Gasteiger partial charge in [0.25, 0.3) is 0 Å². The van der Waals surface area contributed by atoms with E-state index in [1.165, 1.54) is 19.3 Å². The van der Waals surface area contributed by atoms with Gasteiger partial charge in [-0.05, 0) is 38.5 Å². The predicted octanol–water partition coefficient (Wildman–Crippen LogP) is 0.852. The van der Waals surface area contributed by atoms with Crippen LogP contribution in [0.25, 0.3) is 0 Å². The van der Waals surface area contributed by atoms with Crippen molar-refractivity contribution in [1.29, 1.82) is 0 Å². The number of guanidine groups is 1. The van der Waals surface area contributed by atoms with Gasteiger partial charge in [0.05, 0.1) is 25.9 Å². The summed E-state index contributed by atoms with van der Waals surface area (Å²) in [5, 5.41) is 13.4. The molecule has 3 fully saturated rings. The van der Waals surface area contributed by atoms with Gasteiger partial charge in [-0.15, -0.1) is 0 Å². The number of aliphatic imine (C=N–C) groups is 1. The molecule has 6 heteroatoms. The van der Waals surface area contributed by atoms with Gasteiger partial charge >= 0.3 is 0 Å². The van der Waals surface area contributed by atoms with Gasteiger partial charge in [-0.2, -0.15) is 0 Å². The first-order chi connectivity index (χ1) is 11.2. The summed E-state index contributed by atoms with van der Waals surface area (Å²) in [5.41, 5.74) is 0.322. The van der Waals surface area contributed by atoms with Crippen LogP contribution in [0.15, 0.2) is 4.99 Å². The molecule has 1 saturated carbocycles. The molecule has 0 aromatic heterocycles. The van der Waals surface area contributed by atoms with Crippen LogP contribution >= 0.6 is 0 Å². The molecule has 2 atom stereocenters. The van der Waals surface area contributed by atoms with Crippen molar-refractivity contribution in [2.24, 2.45) is 16.3 Å². The van der Waals surface area contributed by atoms with E-state index in [2.05, 4.69) is 22.1 Å². The van der Waals surface area contributed by atoms with Crippen LogP contribution in [0.5, 0.6) is 0 Å². The zero-order valence-electron chi connectivity index (χ0n) is 14.3. The highest BCUT2D eigenvalue weighted by Gasteiger charge is 2.42. The van der Waals surface area contributed by atoms with Crippen molar-refractivity contribution in [3.63, 3.8) is 0 Å². The van der Waals surface area contributed by atoms with Crippen molar-refractivity contribution < 1.29 is 14.6 Å². The Morgan fingerprint density at radius 1 is 1.48 bits per heavy atom. The lowest BCUT2D eigenvalue weighted by Gasteiger charge is -2.25. The number of nitrogens with one attached hydrogen (secondary N) is 1. The molecule has 3 rings (SSSR count). The van der Waals surface area contributed by atoms with Crippen LogP contribution in [0, 0.1) is 11.3 Å². The summed E-state index contributed by atoms with van der Waals surface area (Å²) in [5.74, 6) is 1.65. The first-order valence-corrected chi connectivity index (χ1v) is 9.07. The summed E-state index contributed by atoms with van der Waals surface area (Å²) >= 11 is 0. The highest BCUT2D eigenvalue weighted by Crippen LogP contribution is 2.38. The number of aliphatic hydroxyl groups is 1. The number of aliphatic hydroxyl groups excluding tert-OH is 1. The van der Waals surface area contributed by atoms with Gasteiger partial charge in [-0.3, -0.25) is 4.99 Å². The Morgan fingerprint density at radius 3 is 3.04 bits per heavy atom. The lowest BCUT2D eigenvalue weighted by Crippen LogP contribution is -2.42. The minimum absolute atomic E-state index is 0.322. The fraction of sp³-hybridized carbons (Fsp3) is 0.941. The second kappa shape index (κ2) is 7.81. The number of hydrogen-bond acceptors (Lipinski definition) is 4. The summed E-state index contributed by atoms with van der Waals surface area (Å²) in [6.45, 7) is 8.28. The topological polar surface area (TPSA) is 66.3 Å². The van der Waals surface area contributed by atoms with E-state index in [1.807, 2.05) is 0 Å². The Hall–Kier alpha value is -0.850. The van der Waals surface area contributed by atoms with Crippen LogP contribution in [-0.2, 0) is 9.47 Å². The Kier molecular flexibility index (Phi) is 5.77. The van der Waals surface area contributed by atoms with Crippen molar-refractivity contribution in [1.82, 2.24) is 10.2 Å². The molecule has 2 unspecified atom stereocenters. The number of ether oxygens (including phenoxy) is 2. The van der Waals surface area contributed by atoms with Crippen LogP contribution in [0.2, 0.25) is 0 Å². The van der Waals surface area contributed by atoms with Crippen molar-refractivity contribution in [2.75, 3.05) is 52.6 Å². The Bertz CT molecular complexity index is 406. The van der Waals surface area contributed by atoms with E-state index in [1.54, 1.807) is 0 Å². The van der Waals surface area contributed by atoms with Gasteiger partial charge in [-0.1, -0.05) is 0 Å². The van der Waals surface area contributed by atoms with E-state index >= 15 is 0 Å². The highest BCUT2D eigenvalue weighted by molar-refractivity contribution is 5.80. The lowest BCUT2D eigenvalue weighted by molar-refractivity contribution is 0.0367. The molecule has 0 radical (unpaired) electrons. The summed E-state index contributed by atoms with van der Waals surface area (Å²) in [6.07, 6.45) is 4.36. The highest BCUT2D eigenvalue weighted by atomic mass is 16.5. The van der Waals surface area contributed by atoms with Gasteiger partial charge in [0.1, 0.15) is 0 Å². The van der Waals surface area contributed by atoms with Gasteiger partial charge in [0, 0.05) is 38.3 Å². The predicted molar refractivity (Wildman–Crippen MR) is 89.6 cm³/mol. The van der Waals surface area contributed by atoms with Crippen LogP contribution in [0.1, 0.15) is 32.6 Å². The third-order valence-corrected chi connectivity index (χ3v) is 5.07. The maximum absolute atomic E-state index is 10.0. The maximum Gasteiger partial charge on any atom is 0.194 e. The van der Waals surface area contributed by atoms with E-state index in [0.29, 0.717) is 18.6 Å². The number of likely N-dealkylation sites (tertiary alicyclic amines) is 1. The quantitative estimate of drug-likeness (QED) is 0.537. The Morgan fingerprint density at radius 2 is 2.35 bits per heavy atom. The standard InChI is InChI=1S/C17H31N3O3/c1-2-18-16(19-9-15(21)11-23-10-14-3-4-14)20-7-5-17(12-20)6-8-22-13-17/h14-15,21H,2-13H2,1H3,(H,18,19). The fourth-order valence-corrected chi connectivity index (χ4v) is 3.41. The van der Waals surface area contributed by atoms with Crippen LogP contribution in [0.4, 0.5) is 0 Å². The van der Waals surface area contributed by atoms with E-state index < -0.39 is 6.10 Å². The molecule has 0 aromatic carbocycles. The number of rotatable bonds is 7. The molecular formula is C17H31N3O3. The molecule has 2 heterocycles. The Labute approximate surface area is 139 Å². The molecule has 1 spiro atoms. The molecular weight excluding hydrogens is 294 g/mol. The third-order valence-electron chi connectivity index (χ3n) is 5.07. The first-order valence-electron chi connectivity index (χ1n) is 9.07. The summed E-state index contributed by atoms with van der Waals surface area (Å²) < 4.78 is 11.1. The van der Waals surface area contributed by atoms with E-state index in [-0.39, 0.29) is 0 Å². The monoisotopic (exact) mass is 325 g/mol. The zero-order chi connectivity index (χ0) is 16.1. The number of nitrogens with zero attached hydrogens (tertiary/aromatic N) is 2. The minimum atomic E-state index is -0.520. The van der Waals surface area contributed by atoms with Crippen molar-refractivity contribution in [2.45, 2.75) is 38.7 Å². The zero-order valence-corrected chi connectivity index (χ0v) is 14.3. The van der Waals surface area contributed by atoms with Crippen molar-refractivity contribution in [3.8, 4) is 0 Å². The van der Waals surface area contributed by atoms with Crippen LogP contribution < -0.4 is 5.32 Å². The van der Waals surface area contributed by atoms with E-state index in [4.69, 9.17) is 9.47 Å². The van der Waals surface area contributed by atoms with Crippen LogP contribution in [0.3, 0.4) is 0 Å². The molecule has 2 saturated heterocycles. The van der Waals surface area contributed by atoms with Crippen LogP contribution in [-0.4, -0.2) is 74.7 Å².